The number of nitrogens with zero attached hydrogens (tertiary/aromatic N) is 4. The van der Waals surface area contributed by atoms with Gasteiger partial charge in [-0.05, 0) is 5.92 Å². The van der Waals surface area contributed by atoms with Crippen molar-refractivity contribution in [1.82, 2.24) is 25.1 Å². The largest absolute Gasteiger partial charge is 0.375 e. The minimum absolute atomic E-state index is 0.192. The molecule has 0 spiro atoms. The molecule has 0 aliphatic heterocycles. The highest BCUT2D eigenvalue weighted by Gasteiger charge is 2.23. The van der Waals surface area contributed by atoms with Crippen LogP contribution >= 0.6 is 11.3 Å². The second kappa shape index (κ2) is 5.35. The van der Waals surface area contributed by atoms with E-state index in [1.54, 1.807) is 11.7 Å². The predicted molar refractivity (Wildman–Crippen MR) is 72.6 cm³/mol. The first-order valence-corrected chi connectivity index (χ1v) is 6.66. The lowest BCUT2D eigenvalue weighted by atomic mass is 10.0. The Morgan fingerprint density at radius 3 is 2.68 bits per heavy atom. The Kier molecular flexibility index (Phi) is 3.79. The van der Waals surface area contributed by atoms with Crippen LogP contribution in [0.3, 0.4) is 0 Å². The lowest BCUT2D eigenvalue weighted by Gasteiger charge is -2.20. The number of aromatic nitrogens is 4. The molecule has 0 saturated carbocycles. The minimum Gasteiger partial charge on any atom is -0.375 e. The summed E-state index contributed by atoms with van der Waals surface area (Å²) in [6.45, 7) is 4.03. The average Bonchev–Trinajstić information content (AvgIpc) is 2.94. The van der Waals surface area contributed by atoms with Gasteiger partial charge >= 0.3 is 0 Å². The molecule has 19 heavy (non-hydrogen) atoms. The molecule has 0 saturated heterocycles. The van der Waals surface area contributed by atoms with E-state index in [1.165, 1.54) is 12.5 Å². The molecule has 2 aromatic rings. The number of aryl methyl sites for hydroxylation is 1. The monoisotopic (exact) mass is 280 g/mol. The van der Waals surface area contributed by atoms with Crippen LogP contribution in [0.4, 0.5) is 5.13 Å². The molecule has 102 valence electrons. The van der Waals surface area contributed by atoms with E-state index in [1.807, 2.05) is 13.8 Å². The van der Waals surface area contributed by atoms with E-state index < -0.39 is 0 Å². The number of rotatable bonds is 4. The number of nitrogen functional groups attached to an aromatic ring is 1. The van der Waals surface area contributed by atoms with Crippen molar-refractivity contribution in [2.24, 2.45) is 13.0 Å². The van der Waals surface area contributed by atoms with Crippen molar-refractivity contribution in [3.63, 3.8) is 0 Å². The fraction of sp³-hybridized carbons (Fsp3) is 0.455. The number of amides is 1. The fourth-order valence-electron chi connectivity index (χ4n) is 1.72. The molecule has 1 amide bonds. The highest BCUT2D eigenvalue weighted by molar-refractivity contribution is 7.17. The topological polar surface area (TPSA) is 98.7 Å². The summed E-state index contributed by atoms with van der Waals surface area (Å²) in [5.74, 6) is 0.717. The number of hydrogen-bond donors (Lipinski definition) is 2. The van der Waals surface area contributed by atoms with Gasteiger partial charge in [0.15, 0.2) is 5.13 Å². The van der Waals surface area contributed by atoms with E-state index in [2.05, 4.69) is 20.4 Å². The first-order valence-electron chi connectivity index (χ1n) is 5.85. The van der Waals surface area contributed by atoms with Crippen molar-refractivity contribution < 1.29 is 4.79 Å². The van der Waals surface area contributed by atoms with Crippen LogP contribution in [0.2, 0.25) is 0 Å². The van der Waals surface area contributed by atoms with Gasteiger partial charge in [-0.3, -0.25) is 9.48 Å². The standard InChI is InChI=1S/C11H16N6OS/c1-6(2)8(9-14-5-15-17(9)3)16-10(18)7-4-13-11(12)19-7/h4-6,8H,1-3H3,(H2,12,13)(H,16,18)/t8-/m0/s1. The molecule has 2 aromatic heterocycles. The van der Waals surface area contributed by atoms with Gasteiger partial charge in [-0.15, -0.1) is 0 Å². The summed E-state index contributed by atoms with van der Waals surface area (Å²) in [4.78, 5) is 20.7. The van der Waals surface area contributed by atoms with Crippen LogP contribution < -0.4 is 11.1 Å². The van der Waals surface area contributed by atoms with E-state index in [4.69, 9.17) is 5.73 Å². The fourth-order valence-corrected chi connectivity index (χ4v) is 2.31. The lowest BCUT2D eigenvalue weighted by Crippen LogP contribution is -2.33. The van der Waals surface area contributed by atoms with E-state index in [0.717, 1.165) is 17.2 Å². The third kappa shape index (κ3) is 2.90. The molecule has 8 heteroatoms. The van der Waals surface area contributed by atoms with Crippen LogP contribution in [0.25, 0.3) is 0 Å². The Morgan fingerprint density at radius 1 is 1.47 bits per heavy atom. The summed E-state index contributed by atoms with van der Waals surface area (Å²) in [6, 6.07) is -0.205. The molecule has 0 bridgehead atoms. The van der Waals surface area contributed by atoms with Gasteiger partial charge in [-0.2, -0.15) is 5.10 Å². The van der Waals surface area contributed by atoms with E-state index in [-0.39, 0.29) is 17.9 Å². The van der Waals surface area contributed by atoms with Gasteiger partial charge in [0, 0.05) is 7.05 Å². The van der Waals surface area contributed by atoms with Gasteiger partial charge in [0.1, 0.15) is 17.0 Å². The predicted octanol–water partition coefficient (Wildman–Crippen LogP) is 0.981. The number of carbonyl (C=O) groups excluding carboxylic acids is 1. The van der Waals surface area contributed by atoms with Gasteiger partial charge in [-0.25, -0.2) is 9.97 Å². The normalized spacial score (nSPS) is 12.6. The maximum absolute atomic E-state index is 12.1. The zero-order valence-electron chi connectivity index (χ0n) is 11.0. The number of carbonyl (C=O) groups is 1. The van der Waals surface area contributed by atoms with Crippen LogP contribution in [0, 0.1) is 5.92 Å². The van der Waals surface area contributed by atoms with Crippen LogP contribution in [0.5, 0.6) is 0 Å². The van der Waals surface area contributed by atoms with Crippen molar-refractivity contribution in [2.75, 3.05) is 5.73 Å². The molecule has 3 N–H and O–H groups in total. The number of thiazole rings is 1. The minimum atomic E-state index is -0.205. The highest BCUT2D eigenvalue weighted by Crippen LogP contribution is 2.21. The van der Waals surface area contributed by atoms with Gasteiger partial charge in [-0.1, -0.05) is 25.2 Å². The number of hydrogen-bond acceptors (Lipinski definition) is 6. The Balaban J connectivity index is 2.18. The Hall–Kier alpha value is -1.96. The molecule has 7 nitrogen and oxygen atoms in total. The Labute approximate surface area is 114 Å². The number of nitrogens with one attached hydrogen (secondary N) is 1. The quantitative estimate of drug-likeness (QED) is 0.869. The molecule has 1 atom stereocenters. The second-order valence-corrected chi connectivity index (χ2v) is 5.56. The average molecular weight is 280 g/mol. The zero-order chi connectivity index (χ0) is 14.0. The molecule has 0 aliphatic rings. The molecule has 0 fully saturated rings. The van der Waals surface area contributed by atoms with Crippen molar-refractivity contribution in [3.8, 4) is 0 Å². The molecule has 0 aliphatic carbocycles. The van der Waals surface area contributed by atoms with Crippen LogP contribution in [0.15, 0.2) is 12.5 Å². The van der Waals surface area contributed by atoms with Gasteiger partial charge in [0.25, 0.3) is 5.91 Å². The van der Waals surface area contributed by atoms with Crippen molar-refractivity contribution in [3.05, 3.63) is 23.2 Å². The molecular weight excluding hydrogens is 264 g/mol. The molecular formula is C11H16N6OS. The van der Waals surface area contributed by atoms with E-state index in [0.29, 0.717) is 10.0 Å². The van der Waals surface area contributed by atoms with Gasteiger partial charge in [0.05, 0.1) is 12.2 Å². The summed E-state index contributed by atoms with van der Waals surface area (Å²) < 4.78 is 1.66. The molecule has 2 rings (SSSR count). The van der Waals surface area contributed by atoms with Crippen molar-refractivity contribution in [1.29, 1.82) is 0 Å². The summed E-state index contributed by atoms with van der Waals surface area (Å²) in [5.41, 5.74) is 5.53. The van der Waals surface area contributed by atoms with E-state index >= 15 is 0 Å². The summed E-state index contributed by atoms with van der Waals surface area (Å²) in [7, 11) is 1.80. The maximum atomic E-state index is 12.1. The van der Waals surface area contributed by atoms with Gasteiger partial charge < -0.3 is 11.1 Å². The molecule has 2 heterocycles. The molecule has 0 unspecified atom stereocenters. The Bertz CT molecular complexity index is 575. The summed E-state index contributed by atoms with van der Waals surface area (Å²) in [6.07, 6.45) is 2.95. The third-order valence-electron chi connectivity index (χ3n) is 2.73. The van der Waals surface area contributed by atoms with Crippen LogP contribution in [0.1, 0.15) is 35.4 Å². The van der Waals surface area contributed by atoms with Gasteiger partial charge in [0.2, 0.25) is 0 Å². The van der Waals surface area contributed by atoms with Crippen LogP contribution in [-0.4, -0.2) is 25.7 Å². The van der Waals surface area contributed by atoms with Crippen molar-refractivity contribution in [2.45, 2.75) is 19.9 Å². The van der Waals surface area contributed by atoms with Crippen LogP contribution in [-0.2, 0) is 7.05 Å². The first kappa shape index (κ1) is 13.5. The smallest absolute Gasteiger partial charge is 0.263 e. The first-order chi connectivity index (χ1) is 8.99. The number of anilines is 1. The third-order valence-corrected chi connectivity index (χ3v) is 3.55. The highest BCUT2D eigenvalue weighted by atomic mass is 32.1. The zero-order valence-corrected chi connectivity index (χ0v) is 11.8. The molecule has 0 radical (unpaired) electrons. The summed E-state index contributed by atoms with van der Waals surface area (Å²) in [5, 5.41) is 7.35. The van der Waals surface area contributed by atoms with Crippen molar-refractivity contribution >= 4 is 22.4 Å². The lowest BCUT2D eigenvalue weighted by molar-refractivity contribution is 0.0926. The Morgan fingerprint density at radius 2 is 2.21 bits per heavy atom. The number of nitrogens with two attached hydrogens (primary N) is 1. The second-order valence-electron chi connectivity index (χ2n) is 4.50. The SMILES string of the molecule is CC(C)[C@H](NC(=O)c1cnc(N)s1)c1ncnn1C. The maximum Gasteiger partial charge on any atom is 0.263 e. The summed E-state index contributed by atoms with van der Waals surface area (Å²) >= 11 is 1.16. The molecule has 0 aromatic carbocycles. The van der Waals surface area contributed by atoms with E-state index in [9.17, 15) is 4.79 Å².